The van der Waals surface area contributed by atoms with Crippen LogP contribution < -0.4 is 11.1 Å². The molecule has 272 valence electrons. The van der Waals surface area contributed by atoms with Gasteiger partial charge in [-0.25, -0.2) is 22.5 Å². The molecule has 0 saturated heterocycles. The van der Waals surface area contributed by atoms with Crippen LogP contribution in [0.25, 0.3) is 11.1 Å². The number of rotatable bonds is 8. The topological polar surface area (TPSA) is 123 Å². The lowest BCUT2D eigenvalue weighted by atomic mass is 9.93. The molecule has 52 heavy (non-hydrogen) atoms. The van der Waals surface area contributed by atoms with Crippen molar-refractivity contribution in [1.82, 2.24) is 20.1 Å². The molecule has 4 aromatic rings. The molecule has 0 spiro atoms. The molecular weight excluding hydrogens is 709 g/mol. The highest BCUT2D eigenvalue weighted by molar-refractivity contribution is 5.94. The van der Waals surface area contributed by atoms with Crippen LogP contribution in [0.1, 0.15) is 76.5 Å². The third-order valence-corrected chi connectivity index (χ3v) is 8.55. The number of carbonyl (C=O) groups is 2. The van der Waals surface area contributed by atoms with E-state index in [1.165, 1.54) is 26.0 Å². The Bertz CT molecular complexity index is 2180. The molecule has 17 heteroatoms. The quantitative estimate of drug-likeness (QED) is 0.150. The number of nitrogens with two attached hydrogens (primary N) is 1. The molecule has 0 radical (unpaired) electrons. The fraction of sp³-hybridized carbons (Fsp3) is 0.314. The van der Waals surface area contributed by atoms with Crippen molar-refractivity contribution < 1.29 is 54.2 Å². The standard InChI is InChI=1S/C35H26F9N5O3/c1-33(2,52)6-5-19-3-4-20(16-10-22(32(45)51)28(39)24(38)11-16)29(46-19)25(9-15-7-17(36)12-18(37)8-15)47-26(50)14-49-31-27(30(48-49)35(42,43)44)21-13-23(21)34(31,40)41/h3-4,7-8,10-12,21,23,25,52H,9,13-14H2,1-2H3,(H2,45,51)(H,47,50)/t21-,23+,25-/m0/s1. The number of pyridine rings is 1. The van der Waals surface area contributed by atoms with Gasteiger partial charge in [-0.05, 0) is 86.1 Å². The van der Waals surface area contributed by atoms with Crippen LogP contribution in [0.5, 0.6) is 0 Å². The Kier molecular flexibility index (Phi) is 8.89. The van der Waals surface area contributed by atoms with E-state index in [1.807, 2.05) is 0 Å². The molecule has 4 N–H and O–H groups in total. The second-order valence-electron chi connectivity index (χ2n) is 13.1. The van der Waals surface area contributed by atoms with Gasteiger partial charge in [0.25, 0.3) is 11.8 Å². The zero-order valence-corrected chi connectivity index (χ0v) is 27.0. The Morgan fingerprint density at radius 2 is 1.75 bits per heavy atom. The lowest BCUT2D eigenvalue weighted by Crippen LogP contribution is -2.35. The zero-order chi connectivity index (χ0) is 38.1. The largest absolute Gasteiger partial charge is 0.435 e. The second kappa shape index (κ2) is 12.7. The summed E-state index contributed by atoms with van der Waals surface area (Å²) in [4.78, 5) is 30.0. The van der Waals surface area contributed by atoms with Gasteiger partial charge in [0, 0.05) is 23.1 Å². The molecule has 1 fully saturated rings. The first-order valence-corrected chi connectivity index (χ1v) is 15.5. The molecule has 2 aliphatic rings. The molecule has 2 aromatic heterocycles. The van der Waals surface area contributed by atoms with Crippen molar-refractivity contribution in [2.24, 2.45) is 11.7 Å². The molecule has 8 nitrogen and oxygen atoms in total. The third kappa shape index (κ3) is 7.07. The molecule has 2 aromatic carbocycles. The van der Waals surface area contributed by atoms with E-state index in [0.717, 1.165) is 18.2 Å². The monoisotopic (exact) mass is 735 g/mol. The number of aliphatic hydroxyl groups is 1. The van der Waals surface area contributed by atoms with E-state index in [4.69, 9.17) is 5.73 Å². The number of aromatic nitrogens is 3. The van der Waals surface area contributed by atoms with Crippen molar-refractivity contribution in [2.45, 2.75) is 62.9 Å². The van der Waals surface area contributed by atoms with E-state index in [1.54, 1.807) is 0 Å². The first-order valence-electron chi connectivity index (χ1n) is 15.5. The van der Waals surface area contributed by atoms with Crippen molar-refractivity contribution in [3.63, 3.8) is 0 Å². The Morgan fingerprint density at radius 1 is 1.08 bits per heavy atom. The third-order valence-electron chi connectivity index (χ3n) is 8.55. The van der Waals surface area contributed by atoms with E-state index in [9.17, 15) is 45.4 Å². The Balaban J connectivity index is 1.48. The highest BCUT2D eigenvalue weighted by Gasteiger charge is 2.68. The zero-order valence-electron chi connectivity index (χ0n) is 27.0. The molecular formula is C35H26F9N5O3. The van der Waals surface area contributed by atoms with Gasteiger partial charge in [-0.1, -0.05) is 5.92 Å². The number of nitrogens with one attached hydrogen (secondary N) is 1. The van der Waals surface area contributed by atoms with Gasteiger partial charge in [-0.3, -0.25) is 14.3 Å². The SMILES string of the molecule is CC(C)(O)C#Cc1ccc(-c2cc(F)c(F)c(C(N)=O)c2)c([C@H](Cc2cc(F)cc(F)c2)NC(=O)Cn2nc(C(F)(F)F)c3c2C(F)(F)[C@@H]2C[C@H]32)n1. The minimum atomic E-state index is -5.11. The van der Waals surface area contributed by atoms with Crippen LogP contribution in [0, 0.1) is 41.0 Å². The number of hydrogen-bond acceptors (Lipinski definition) is 5. The Morgan fingerprint density at radius 3 is 2.37 bits per heavy atom. The summed E-state index contributed by atoms with van der Waals surface area (Å²) in [6, 6.07) is 4.91. The van der Waals surface area contributed by atoms with Crippen molar-refractivity contribution in [3.05, 3.63) is 105 Å². The summed E-state index contributed by atoms with van der Waals surface area (Å²) in [6.07, 6.45) is -5.81. The number of benzene rings is 2. The summed E-state index contributed by atoms with van der Waals surface area (Å²) < 4.78 is 130. The first kappa shape index (κ1) is 36.4. The minimum absolute atomic E-state index is 0.0816. The van der Waals surface area contributed by atoms with Gasteiger partial charge < -0.3 is 16.2 Å². The van der Waals surface area contributed by atoms with Gasteiger partial charge in [0.05, 0.1) is 17.3 Å². The number of carbonyl (C=O) groups excluding carboxylic acids is 2. The number of amides is 2. The van der Waals surface area contributed by atoms with Crippen LogP contribution in [0.2, 0.25) is 0 Å². The van der Waals surface area contributed by atoms with Gasteiger partial charge in [0.15, 0.2) is 17.3 Å². The molecule has 0 aliphatic heterocycles. The van der Waals surface area contributed by atoms with E-state index >= 15 is 8.78 Å². The van der Waals surface area contributed by atoms with Crippen molar-refractivity contribution in [1.29, 1.82) is 0 Å². The number of alkyl halides is 5. The maximum absolute atomic E-state index is 15.2. The van der Waals surface area contributed by atoms with E-state index in [0.29, 0.717) is 12.1 Å². The van der Waals surface area contributed by atoms with Crippen LogP contribution in [0.3, 0.4) is 0 Å². The van der Waals surface area contributed by atoms with E-state index < -0.39 is 106 Å². The minimum Gasteiger partial charge on any atom is -0.378 e. The van der Waals surface area contributed by atoms with Crippen LogP contribution in [-0.4, -0.2) is 37.3 Å². The molecule has 2 heterocycles. The molecule has 6 rings (SSSR count). The lowest BCUT2D eigenvalue weighted by Gasteiger charge is -2.23. The van der Waals surface area contributed by atoms with Crippen molar-refractivity contribution in [3.8, 4) is 23.0 Å². The second-order valence-corrected chi connectivity index (χ2v) is 13.1. The van der Waals surface area contributed by atoms with Crippen molar-refractivity contribution in [2.75, 3.05) is 0 Å². The predicted molar refractivity (Wildman–Crippen MR) is 164 cm³/mol. The normalized spacial score (nSPS) is 17.8. The smallest absolute Gasteiger partial charge is 0.378 e. The van der Waals surface area contributed by atoms with Gasteiger partial charge in [0.1, 0.15) is 35.2 Å². The molecule has 3 atom stereocenters. The number of nitrogens with zero attached hydrogens (tertiary/aromatic N) is 3. The molecule has 0 bridgehead atoms. The summed E-state index contributed by atoms with van der Waals surface area (Å²) in [5.41, 5.74) is -1.22. The lowest BCUT2D eigenvalue weighted by molar-refractivity contribution is -0.142. The van der Waals surface area contributed by atoms with Crippen molar-refractivity contribution >= 4 is 11.8 Å². The summed E-state index contributed by atoms with van der Waals surface area (Å²) in [7, 11) is 0. The average Bonchev–Trinajstić information content (AvgIpc) is 3.68. The van der Waals surface area contributed by atoms with Gasteiger partial charge >= 0.3 is 6.18 Å². The highest BCUT2D eigenvalue weighted by Crippen LogP contribution is 2.68. The van der Waals surface area contributed by atoms with Crippen LogP contribution in [0.15, 0.2) is 42.5 Å². The van der Waals surface area contributed by atoms with Gasteiger partial charge in [-0.2, -0.15) is 27.1 Å². The van der Waals surface area contributed by atoms with E-state index in [2.05, 4.69) is 27.2 Å². The molecule has 1 saturated carbocycles. The first-order chi connectivity index (χ1) is 24.1. The number of fused-ring (bicyclic) bond motifs is 3. The predicted octanol–water partition coefficient (Wildman–Crippen LogP) is 6.05. The molecule has 2 aliphatic carbocycles. The average molecular weight is 736 g/mol. The Hall–Kier alpha value is -5.37. The maximum atomic E-state index is 15.2. The number of halogens is 9. The molecule has 0 unspecified atom stereocenters. The Labute approximate surface area is 288 Å². The van der Waals surface area contributed by atoms with Gasteiger partial charge in [-0.15, -0.1) is 0 Å². The maximum Gasteiger partial charge on any atom is 0.435 e. The van der Waals surface area contributed by atoms with Crippen LogP contribution in [-0.2, 0) is 29.9 Å². The summed E-state index contributed by atoms with van der Waals surface area (Å²) in [5.74, 6) is -8.78. The highest BCUT2D eigenvalue weighted by atomic mass is 19.4. The van der Waals surface area contributed by atoms with Crippen LogP contribution >= 0.6 is 0 Å². The van der Waals surface area contributed by atoms with Gasteiger partial charge in [0.2, 0.25) is 5.91 Å². The van der Waals surface area contributed by atoms with Crippen LogP contribution in [0.4, 0.5) is 39.5 Å². The fourth-order valence-electron chi connectivity index (χ4n) is 6.34. The van der Waals surface area contributed by atoms with E-state index in [-0.39, 0.29) is 39.2 Å². The number of primary amides is 1. The number of hydrogen-bond donors (Lipinski definition) is 3. The molecule has 2 amide bonds. The summed E-state index contributed by atoms with van der Waals surface area (Å²) in [5, 5.41) is 15.9. The summed E-state index contributed by atoms with van der Waals surface area (Å²) in [6.45, 7) is 1.55. The summed E-state index contributed by atoms with van der Waals surface area (Å²) >= 11 is 0. The fourth-order valence-corrected chi connectivity index (χ4v) is 6.34.